The van der Waals surface area contributed by atoms with E-state index in [9.17, 15) is 4.79 Å². The molecule has 0 saturated heterocycles. The van der Waals surface area contributed by atoms with Gasteiger partial charge in [0.05, 0.1) is 5.69 Å². The van der Waals surface area contributed by atoms with Gasteiger partial charge in [-0.1, -0.05) is 6.07 Å². The van der Waals surface area contributed by atoms with Gasteiger partial charge in [-0.25, -0.2) is 0 Å². The SMILES string of the molecule is CCn1cc(N)cc1C(=O)Nc1cccc(N(C)C)c1. The number of nitrogens with two attached hydrogens (primary N) is 1. The summed E-state index contributed by atoms with van der Waals surface area (Å²) in [6.45, 7) is 2.68. The Balaban J connectivity index is 2.21. The average Bonchev–Trinajstić information content (AvgIpc) is 2.80. The topological polar surface area (TPSA) is 63.3 Å². The summed E-state index contributed by atoms with van der Waals surface area (Å²) in [6, 6.07) is 9.39. The quantitative estimate of drug-likeness (QED) is 0.898. The van der Waals surface area contributed by atoms with Gasteiger partial charge in [-0.3, -0.25) is 4.79 Å². The van der Waals surface area contributed by atoms with Crippen LogP contribution in [-0.2, 0) is 6.54 Å². The van der Waals surface area contributed by atoms with Gasteiger partial charge in [-0.15, -0.1) is 0 Å². The van der Waals surface area contributed by atoms with E-state index in [1.807, 2.05) is 54.8 Å². The summed E-state index contributed by atoms with van der Waals surface area (Å²) < 4.78 is 1.83. The molecule has 0 fully saturated rings. The van der Waals surface area contributed by atoms with Gasteiger partial charge >= 0.3 is 0 Å². The number of carbonyl (C=O) groups is 1. The molecule has 106 valence electrons. The van der Waals surface area contributed by atoms with Gasteiger partial charge in [0.2, 0.25) is 0 Å². The normalized spacial score (nSPS) is 10.3. The van der Waals surface area contributed by atoms with Crippen LogP contribution in [0.1, 0.15) is 17.4 Å². The Hall–Kier alpha value is -2.43. The molecule has 2 rings (SSSR count). The largest absolute Gasteiger partial charge is 0.397 e. The van der Waals surface area contributed by atoms with Crippen LogP contribution in [0.5, 0.6) is 0 Å². The van der Waals surface area contributed by atoms with Gasteiger partial charge in [0.1, 0.15) is 5.69 Å². The molecule has 0 aliphatic rings. The molecule has 5 nitrogen and oxygen atoms in total. The van der Waals surface area contributed by atoms with E-state index in [1.165, 1.54) is 0 Å². The lowest BCUT2D eigenvalue weighted by Crippen LogP contribution is -2.17. The fraction of sp³-hybridized carbons (Fsp3) is 0.267. The predicted molar refractivity (Wildman–Crippen MR) is 83.2 cm³/mol. The summed E-state index contributed by atoms with van der Waals surface area (Å²) in [5, 5.41) is 2.90. The van der Waals surface area contributed by atoms with Crippen LogP contribution < -0.4 is 16.0 Å². The fourth-order valence-electron chi connectivity index (χ4n) is 2.04. The Morgan fingerprint density at radius 2 is 2.10 bits per heavy atom. The zero-order valence-electron chi connectivity index (χ0n) is 12.1. The maximum Gasteiger partial charge on any atom is 0.272 e. The van der Waals surface area contributed by atoms with Crippen molar-refractivity contribution in [2.24, 2.45) is 0 Å². The lowest BCUT2D eigenvalue weighted by Gasteiger charge is -2.14. The van der Waals surface area contributed by atoms with Crippen LogP contribution in [0, 0.1) is 0 Å². The van der Waals surface area contributed by atoms with Gasteiger partial charge in [-0.05, 0) is 31.2 Å². The maximum absolute atomic E-state index is 12.3. The Bertz CT molecular complexity index is 616. The zero-order valence-corrected chi connectivity index (χ0v) is 12.1. The van der Waals surface area contributed by atoms with Crippen molar-refractivity contribution in [3.8, 4) is 0 Å². The number of aromatic nitrogens is 1. The first kappa shape index (κ1) is 14.0. The van der Waals surface area contributed by atoms with Crippen LogP contribution in [-0.4, -0.2) is 24.6 Å². The number of anilines is 3. The lowest BCUT2D eigenvalue weighted by molar-refractivity contribution is 0.101. The van der Waals surface area contributed by atoms with E-state index in [2.05, 4.69) is 5.32 Å². The smallest absolute Gasteiger partial charge is 0.272 e. The average molecular weight is 272 g/mol. The van der Waals surface area contributed by atoms with E-state index >= 15 is 0 Å². The van der Waals surface area contributed by atoms with Gasteiger partial charge in [0.15, 0.2) is 0 Å². The lowest BCUT2D eigenvalue weighted by atomic mass is 10.2. The number of hydrogen-bond acceptors (Lipinski definition) is 3. The maximum atomic E-state index is 12.3. The molecule has 0 aliphatic carbocycles. The second kappa shape index (κ2) is 5.69. The molecule has 0 bridgehead atoms. The summed E-state index contributed by atoms with van der Waals surface area (Å²) in [7, 11) is 3.92. The number of amides is 1. The molecule has 0 spiro atoms. The predicted octanol–water partition coefficient (Wildman–Crippen LogP) is 2.41. The molecule has 0 unspecified atom stereocenters. The first-order chi connectivity index (χ1) is 9.51. The third kappa shape index (κ3) is 2.93. The molecule has 20 heavy (non-hydrogen) atoms. The molecule has 2 aromatic rings. The molecular weight excluding hydrogens is 252 g/mol. The Labute approximate surface area is 119 Å². The summed E-state index contributed by atoms with van der Waals surface area (Å²) in [5.74, 6) is -0.153. The highest BCUT2D eigenvalue weighted by molar-refractivity contribution is 6.04. The molecule has 0 atom stereocenters. The second-order valence-corrected chi connectivity index (χ2v) is 4.84. The van der Waals surface area contributed by atoms with Crippen molar-refractivity contribution >= 4 is 23.0 Å². The van der Waals surface area contributed by atoms with E-state index in [4.69, 9.17) is 5.73 Å². The monoisotopic (exact) mass is 272 g/mol. The number of nitrogen functional groups attached to an aromatic ring is 1. The molecule has 5 heteroatoms. The first-order valence-electron chi connectivity index (χ1n) is 6.55. The van der Waals surface area contributed by atoms with Crippen molar-refractivity contribution in [3.63, 3.8) is 0 Å². The van der Waals surface area contributed by atoms with Crippen molar-refractivity contribution in [1.29, 1.82) is 0 Å². The Morgan fingerprint density at radius 3 is 2.75 bits per heavy atom. The molecule has 1 heterocycles. The molecule has 1 aromatic carbocycles. The molecule has 0 radical (unpaired) electrons. The van der Waals surface area contributed by atoms with Crippen LogP contribution in [0.4, 0.5) is 17.1 Å². The molecule has 3 N–H and O–H groups in total. The van der Waals surface area contributed by atoms with E-state index < -0.39 is 0 Å². The van der Waals surface area contributed by atoms with Crippen LogP contribution in [0.15, 0.2) is 36.5 Å². The van der Waals surface area contributed by atoms with Gasteiger partial charge < -0.3 is 20.5 Å². The highest BCUT2D eigenvalue weighted by Crippen LogP contribution is 2.19. The minimum atomic E-state index is -0.153. The molecular formula is C15H20N4O. The summed E-state index contributed by atoms with van der Waals surface area (Å²) >= 11 is 0. The van der Waals surface area contributed by atoms with Gasteiger partial charge in [0.25, 0.3) is 5.91 Å². The molecule has 0 aliphatic heterocycles. The third-order valence-electron chi connectivity index (χ3n) is 3.11. The molecule has 1 aromatic heterocycles. The summed E-state index contributed by atoms with van der Waals surface area (Å²) in [4.78, 5) is 14.3. The van der Waals surface area contributed by atoms with Gasteiger partial charge in [0, 0.05) is 38.2 Å². The highest BCUT2D eigenvalue weighted by Gasteiger charge is 2.12. The number of nitrogens with zero attached hydrogens (tertiary/aromatic N) is 2. The number of rotatable bonds is 4. The van der Waals surface area contributed by atoms with Crippen molar-refractivity contribution in [1.82, 2.24) is 4.57 Å². The number of hydrogen-bond donors (Lipinski definition) is 2. The summed E-state index contributed by atoms with van der Waals surface area (Å²) in [6.07, 6.45) is 1.77. The van der Waals surface area contributed by atoms with Crippen molar-refractivity contribution in [3.05, 3.63) is 42.2 Å². The minimum Gasteiger partial charge on any atom is -0.397 e. The van der Waals surface area contributed by atoms with E-state index in [-0.39, 0.29) is 5.91 Å². The second-order valence-electron chi connectivity index (χ2n) is 4.84. The number of nitrogens with one attached hydrogen (secondary N) is 1. The number of aryl methyl sites for hydroxylation is 1. The third-order valence-corrected chi connectivity index (χ3v) is 3.11. The van der Waals surface area contributed by atoms with E-state index in [0.29, 0.717) is 17.9 Å². The van der Waals surface area contributed by atoms with Crippen LogP contribution in [0.2, 0.25) is 0 Å². The van der Waals surface area contributed by atoms with Crippen molar-refractivity contribution in [2.75, 3.05) is 30.0 Å². The Morgan fingerprint density at radius 1 is 1.35 bits per heavy atom. The van der Waals surface area contributed by atoms with E-state index in [1.54, 1.807) is 12.3 Å². The Kier molecular flexibility index (Phi) is 3.98. The van der Waals surface area contributed by atoms with Gasteiger partial charge in [-0.2, -0.15) is 0 Å². The molecule has 1 amide bonds. The number of carbonyl (C=O) groups excluding carboxylic acids is 1. The molecule has 0 saturated carbocycles. The van der Waals surface area contributed by atoms with Crippen LogP contribution >= 0.6 is 0 Å². The van der Waals surface area contributed by atoms with E-state index in [0.717, 1.165) is 11.4 Å². The van der Waals surface area contributed by atoms with Crippen molar-refractivity contribution in [2.45, 2.75) is 13.5 Å². The first-order valence-corrected chi connectivity index (χ1v) is 6.55. The zero-order chi connectivity index (χ0) is 14.7. The van der Waals surface area contributed by atoms with Crippen LogP contribution in [0.3, 0.4) is 0 Å². The number of benzene rings is 1. The van der Waals surface area contributed by atoms with Crippen LogP contribution in [0.25, 0.3) is 0 Å². The van der Waals surface area contributed by atoms with Crippen molar-refractivity contribution < 1.29 is 4.79 Å². The fourth-order valence-corrected chi connectivity index (χ4v) is 2.04. The minimum absolute atomic E-state index is 0.153. The standard InChI is InChI=1S/C15H20N4O/c1-4-19-10-11(16)8-14(19)15(20)17-12-6-5-7-13(9-12)18(2)3/h5-10H,4,16H2,1-3H3,(H,17,20). The summed E-state index contributed by atoms with van der Waals surface area (Å²) in [5.41, 5.74) is 8.71. The highest BCUT2D eigenvalue weighted by atomic mass is 16.1.